The maximum absolute atomic E-state index is 4.37. The number of pyridine rings is 1. The van der Waals surface area contributed by atoms with Crippen LogP contribution in [0.3, 0.4) is 0 Å². The molecular weight excluding hydrogens is 234 g/mol. The first-order valence-electron chi connectivity index (χ1n) is 7.63. The van der Waals surface area contributed by atoms with E-state index in [9.17, 15) is 0 Å². The highest BCUT2D eigenvalue weighted by atomic mass is 15.2. The van der Waals surface area contributed by atoms with Crippen LogP contribution in [-0.4, -0.2) is 29.0 Å². The van der Waals surface area contributed by atoms with Gasteiger partial charge >= 0.3 is 0 Å². The van der Waals surface area contributed by atoms with Crippen molar-refractivity contribution in [2.24, 2.45) is 5.92 Å². The first-order valence-corrected chi connectivity index (χ1v) is 7.63. The zero-order valence-corrected chi connectivity index (χ0v) is 12.5. The zero-order valence-electron chi connectivity index (χ0n) is 12.5. The van der Waals surface area contributed by atoms with Crippen molar-refractivity contribution >= 4 is 5.82 Å². The van der Waals surface area contributed by atoms with Crippen molar-refractivity contribution in [3.05, 3.63) is 23.9 Å². The molecule has 1 aromatic rings. The van der Waals surface area contributed by atoms with Gasteiger partial charge in [0.1, 0.15) is 5.82 Å². The number of anilines is 1. The Morgan fingerprint density at radius 3 is 3.05 bits per heavy atom. The lowest BCUT2D eigenvalue weighted by Gasteiger charge is -2.38. The molecule has 0 bridgehead atoms. The quantitative estimate of drug-likeness (QED) is 0.879. The minimum absolute atomic E-state index is 0.689. The molecule has 0 amide bonds. The van der Waals surface area contributed by atoms with Crippen molar-refractivity contribution in [1.29, 1.82) is 0 Å². The Hall–Kier alpha value is -1.09. The summed E-state index contributed by atoms with van der Waals surface area (Å²) in [6.45, 7) is 10.2. The summed E-state index contributed by atoms with van der Waals surface area (Å²) >= 11 is 0. The first-order chi connectivity index (χ1) is 9.20. The number of rotatable bonds is 5. The second kappa shape index (κ2) is 6.90. The number of nitrogens with one attached hydrogen (secondary N) is 1. The smallest absolute Gasteiger partial charge is 0.126 e. The van der Waals surface area contributed by atoms with Crippen LogP contribution in [0.2, 0.25) is 0 Å². The molecule has 2 atom stereocenters. The zero-order chi connectivity index (χ0) is 13.7. The van der Waals surface area contributed by atoms with E-state index in [0.29, 0.717) is 6.04 Å². The fourth-order valence-electron chi connectivity index (χ4n) is 2.80. The summed E-state index contributed by atoms with van der Waals surface area (Å²) in [5, 5.41) is 3.36. The molecule has 1 aliphatic heterocycles. The Bertz CT molecular complexity index is 391. The van der Waals surface area contributed by atoms with Crippen LogP contribution in [0.25, 0.3) is 0 Å². The minimum Gasteiger partial charge on any atom is -0.370 e. The predicted molar refractivity (Wildman–Crippen MR) is 81.3 cm³/mol. The molecule has 1 N–H and O–H groups in total. The van der Waals surface area contributed by atoms with Crippen molar-refractivity contribution in [2.45, 2.75) is 52.6 Å². The summed E-state index contributed by atoms with van der Waals surface area (Å²) in [4.78, 5) is 6.98. The maximum Gasteiger partial charge on any atom is 0.126 e. The Labute approximate surface area is 117 Å². The maximum atomic E-state index is 4.37. The van der Waals surface area contributed by atoms with Crippen molar-refractivity contribution in [2.75, 3.05) is 18.4 Å². The molecule has 1 saturated heterocycles. The fraction of sp³-hybridized carbons (Fsp3) is 0.688. The van der Waals surface area contributed by atoms with Gasteiger partial charge in [0.25, 0.3) is 0 Å². The Morgan fingerprint density at radius 2 is 2.26 bits per heavy atom. The van der Waals surface area contributed by atoms with E-state index < -0.39 is 0 Å². The SMILES string of the molecule is CCCNc1cc(CN2CCCC(C)C2C)ccn1. The summed E-state index contributed by atoms with van der Waals surface area (Å²) in [6.07, 6.45) is 5.76. The molecular formula is C16H27N3. The lowest BCUT2D eigenvalue weighted by atomic mass is 9.92. The van der Waals surface area contributed by atoms with Crippen LogP contribution in [0.1, 0.15) is 45.6 Å². The Morgan fingerprint density at radius 1 is 1.42 bits per heavy atom. The summed E-state index contributed by atoms with van der Waals surface area (Å²) in [6, 6.07) is 5.03. The Kier molecular flexibility index (Phi) is 5.20. The van der Waals surface area contributed by atoms with Gasteiger partial charge < -0.3 is 5.32 Å². The van der Waals surface area contributed by atoms with Gasteiger partial charge in [-0.2, -0.15) is 0 Å². The molecule has 3 nitrogen and oxygen atoms in total. The van der Waals surface area contributed by atoms with Crippen molar-refractivity contribution < 1.29 is 0 Å². The number of hydrogen-bond acceptors (Lipinski definition) is 3. The van der Waals surface area contributed by atoms with Gasteiger partial charge in [0.05, 0.1) is 0 Å². The minimum atomic E-state index is 0.689. The molecule has 0 aliphatic carbocycles. The van der Waals surface area contributed by atoms with Gasteiger partial charge in [0, 0.05) is 25.3 Å². The molecule has 0 saturated carbocycles. The molecule has 0 radical (unpaired) electrons. The average Bonchev–Trinajstić information content (AvgIpc) is 2.42. The third kappa shape index (κ3) is 3.93. The average molecular weight is 261 g/mol. The molecule has 106 valence electrons. The van der Waals surface area contributed by atoms with E-state index in [2.05, 4.69) is 48.1 Å². The number of aromatic nitrogens is 1. The largest absolute Gasteiger partial charge is 0.370 e. The second-order valence-electron chi connectivity index (χ2n) is 5.81. The summed E-state index contributed by atoms with van der Waals surface area (Å²) in [5.74, 6) is 1.82. The summed E-state index contributed by atoms with van der Waals surface area (Å²) < 4.78 is 0. The van der Waals surface area contributed by atoms with Crippen LogP contribution in [0.5, 0.6) is 0 Å². The van der Waals surface area contributed by atoms with E-state index in [4.69, 9.17) is 0 Å². The molecule has 2 heterocycles. The molecule has 1 aromatic heterocycles. The third-order valence-corrected chi connectivity index (χ3v) is 4.27. The highest BCUT2D eigenvalue weighted by Crippen LogP contribution is 2.24. The lowest BCUT2D eigenvalue weighted by Crippen LogP contribution is -2.41. The van der Waals surface area contributed by atoms with Crippen LogP contribution >= 0.6 is 0 Å². The summed E-state index contributed by atoms with van der Waals surface area (Å²) in [5.41, 5.74) is 1.37. The van der Waals surface area contributed by atoms with E-state index in [-0.39, 0.29) is 0 Å². The van der Waals surface area contributed by atoms with Gasteiger partial charge in [-0.1, -0.05) is 13.8 Å². The van der Waals surface area contributed by atoms with E-state index >= 15 is 0 Å². The fourth-order valence-corrected chi connectivity index (χ4v) is 2.80. The summed E-state index contributed by atoms with van der Waals surface area (Å²) in [7, 11) is 0. The van der Waals surface area contributed by atoms with E-state index in [1.807, 2.05) is 6.20 Å². The second-order valence-corrected chi connectivity index (χ2v) is 5.81. The van der Waals surface area contributed by atoms with Gasteiger partial charge in [-0.25, -0.2) is 4.98 Å². The number of hydrogen-bond donors (Lipinski definition) is 1. The van der Waals surface area contributed by atoms with Crippen molar-refractivity contribution in [3.63, 3.8) is 0 Å². The molecule has 2 rings (SSSR count). The molecule has 2 unspecified atom stereocenters. The lowest BCUT2D eigenvalue weighted by molar-refractivity contribution is 0.106. The third-order valence-electron chi connectivity index (χ3n) is 4.27. The van der Waals surface area contributed by atoms with Gasteiger partial charge in [-0.05, 0) is 56.3 Å². The highest BCUT2D eigenvalue weighted by Gasteiger charge is 2.24. The number of likely N-dealkylation sites (tertiary alicyclic amines) is 1. The molecule has 1 fully saturated rings. The van der Waals surface area contributed by atoms with Crippen LogP contribution in [0, 0.1) is 5.92 Å². The molecule has 0 aromatic carbocycles. The first kappa shape index (κ1) is 14.3. The van der Waals surface area contributed by atoms with Crippen molar-refractivity contribution in [1.82, 2.24) is 9.88 Å². The van der Waals surface area contributed by atoms with Gasteiger partial charge in [0.15, 0.2) is 0 Å². The van der Waals surface area contributed by atoms with E-state index in [1.165, 1.54) is 24.9 Å². The molecule has 3 heteroatoms. The van der Waals surface area contributed by atoms with E-state index in [1.54, 1.807) is 0 Å². The monoisotopic (exact) mass is 261 g/mol. The van der Waals surface area contributed by atoms with Crippen LogP contribution in [0.4, 0.5) is 5.82 Å². The normalized spacial score (nSPS) is 24.4. The van der Waals surface area contributed by atoms with E-state index in [0.717, 1.165) is 31.2 Å². The van der Waals surface area contributed by atoms with Gasteiger partial charge in [0.2, 0.25) is 0 Å². The highest BCUT2D eigenvalue weighted by molar-refractivity contribution is 5.37. The molecule has 0 spiro atoms. The topological polar surface area (TPSA) is 28.2 Å². The number of piperidine rings is 1. The Balaban J connectivity index is 1.98. The van der Waals surface area contributed by atoms with Crippen LogP contribution < -0.4 is 5.32 Å². The van der Waals surface area contributed by atoms with Gasteiger partial charge in [-0.3, -0.25) is 4.90 Å². The van der Waals surface area contributed by atoms with Crippen LogP contribution in [0.15, 0.2) is 18.3 Å². The molecule has 19 heavy (non-hydrogen) atoms. The van der Waals surface area contributed by atoms with Crippen molar-refractivity contribution in [3.8, 4) is 0 Å². The standard InChI is InChI=1S/C16H27N3/c1-4-8-17-16-11-15(7-9-18-16)12-19-10-5-6-13(2)14(19)3/h7,9,11,13-14H,4-6,8,10,12H2,1-3H3,(H,17,18). The number of nitrogens with zero attached hydrogens (tertiary/aromatic N) is 2. The molecule has 1 aliphatic rings. The van der Waals surface area contributed by atoms with Crippen LogP contribution in [-0.2, 0) is 6.54 Å². The predicted octanol–water partition coefficient (Wildman–Crippen LogP) is 3.52. The van der Waals surface area contributed by atoms with Gasteiger partial charge in [-0.15, -0.1) is 0 Å².